The first kappa shape index (κ1) is 14.9. The van der Waals surface area contributed by atoms with Gasteiger partial charge in [0.15, 0.2) is 0 Å². The van der Waals surface area contributed by atoms with Crippen LogP contribution in [0, 0.1) is 21.4 Å². The minimum atomic E-state index is -0.614. The van der Waals surface area contributed by atoms with Crippen molar-refractivity contribution in [1.82, 2.24) is 4.90 Å². The highest BCUT2D eigenvalue weighted by molar-refractivity contribution is 6.31. The number of halogens is 1. The summed E-state index contributed by atoms with van der Waals surface area (Å²) in [5, 5.41) is 19.5. The Balaban J connectivity index is 3.10. The van der Waals surface area contributed by atoms with E-state index in [-0.39, 0.29) is 22.8 Å². The summed E-state index contributed by atoms with van der Waals surface area (Å²) < 4.78 is 0. The van der Waals surface area contributed by atoms with E-state index in [0.717, 1.165) is 6.07 Å². The maximum Gasteiger partial charge on any atom is 0.271 e. The molecule has 0 aliphatic carbocycles. The Morgan fingerprint density at radius 1 is 1.53 bits per heavy atom. The van der Waals surface area contributed by atoms with Crippen LogP contribution in [0.4, 0.5) is 5.69 Å². The Hall–Kier alpha value is -2.13. The first-order chi connectivity index (χ1) is 8.99. The molecule has 1 aromatic rings. The lowest BCUT2D eigenvalue weighted by Crippen LogP contribution is -2.32. The summed E-state index contributed by atoms with van der Waals surface area (Å²) in [4.78, 5) is 23.6. The van der Waals surface area contributed by atoms with E-state index in [1.165, 1.54) is 17.0 Å². The Bertz CT molecular complexity index is 540. The number of carbonyl (C=O) groups excluding carboxylic acids is 1. The molecule has 0 atom stereocenters. The van der Waals surface area contributed by atoms with Crippen LogP contribution < -0.4 is 0 Å². The van der Waals surface area contributed by atoms with Crippen molar-refractivity contribution in [3.8, 4) is 6.07 Å². The molecule has 0 aromatic heterocycles. The SMILES string of the molecule is CCCN(CC#N)C(=O)c1cc(Cl)cc([N+](=O)[O-])c1. The smallest absolute Gasteiger partial charge is 0.271 e. The fraction of sp³-hybridized carbons (Fsp3) is 0.333. The number of carbonyl (C=O) groups is 1. The fourth-order valence-corrected chi connectivity index (χ4v) is 1.82. The third kappa shape index (κ3) is 3.93. The Kier molecular flexibility index (Phi) is 5.27. The number of nitro benzene ring substituents is 1. The summed E-state index contributed by atoms with van der Waals surface area (Å²) in [7, 11) is 0. The van der Waals surface area contributed by atoms with Crippen molar-refractivity contribution >= 4 is 23.2 Å². The number of nitro groups is 1. The Morgan fingerprint density at radius 3 is 2.74 bits per heavy atom. The maximum atomic E-state index is 12.1. The van der Waals surface area contributed by atoms with Gasteiger partial charge in [0.05, 0.1) is 11.0 Å². The molecule has 1 rings (SSSR count). The van der Waals surface area contributed by atoms with Crippen LogP contribution >= 0.6 is 11.6 Å². The van der Waals surface area contributed by atoms with Gasteiger partial charge in [-0.2, -0.15) is 5.26 Å². The lowest BCUT2D eigenvalue weighted by molar-refractivity contribution is -0.384. The number of amides is 1. The van der Waals surface area contributed by atoms with Crippen molar-refractivity contribution < 1.29 is 9.72 Å². The molecule has 0 spiro atoms. The molecule has 0 radical (unpaired) electrons. The average Bonchev–Trinajstić information content (AvgIpc) is 2.37. The van der Waals surface area contributed by atoms with Crippen LogP contribution in [0.25, 0.3) is 0 Å². The Morgan fingerprint density at radius 2 is 2.21 bits per heavy atom. The maximum absolute atomic E-state index is 12.1. The predicted molar refractivity (Wildman–Crippen MR) is 69.9 cm³/mol. The van der Waals surface area contributed by atoms with Gasteiger partial charge in [-0.05, 0) is 12.5 Å². The minimum absolute atomic E-state index is 0.0625. The second-order valence-electron chi connectivity index (χ2n) is 3.84. The summed E-state index contributed by atoms with van der Waals surface area (Å²) in [5.41, 5.74) is -0.132. The number of nitriles is 1. The van der Waals surface area contributed by atoms with Crippen LogP contribution in [0.3, 0.4) is 0 Å². The first-order valence-electron chi connectivity index (χ1n) is 5.60. The Labute approximate surface area is 115 Å². The van der Waals surface area contributed by atoms with E-state index in [9.17, 15) is 14.9 Å². The van der Waals surface area contributed by atoms with Crippen molar-refractivity contribution in [2.24, 2.45) is 0 Å². The first-order valence-corrected chi connectivity index (χ1v) is 5.98. The number of benzene rings is 1. The van der Waals surface area contributed by atoms with Gasteiger partial charge in [-0.15, -0.1) is 0 Å². The molecule has 100 valence electrons. The van der Waals surface area contributed by atoms with E-state index >= 15 is 0 Å². The van der Waals surface area contributed by atoms with Crippen molar-refractivity contribution in [1.29, 1.82) is 5.26 Å². The standard InChI is InChI=1S/C12H12ClN3O3/c1-2-4-15(5-3-14)12(17)9-6-10(13)8-11(7-9)16(18)19/h6-8H,2,4-5H2,1H3. The van der Waals surface area contributed by atoms with Gasteiger partial charge in [0.2, 0.25) is 0 Å². The van der Waals surface area contributed by atoms with Gasteiger partial charge < -0.3 is 4.90 Å². The molecule has 0 heterocycles. The van der Waals surface area contributed by atoms with E-state index in [2.05, 4.69) is 0 Å². The monoisotopic (exact) mass is 281 g/mol. The van der Waals surface area contributed by atoms with Gasteiger partial charge in [-0.3, -0.25) is 14.9 Å². The van der Waals surface area contributed by atoms with Crippen LogP contribution in [0.1, 0.15) is 23.7 Å². The van der Waals surface area contributed by atoms with Gasteiger partial charge in [0.25, 0.3) is 11.6 Å². The molecular formula is C12H12ClN3O3. The molecule has 1 aromatic carbocycles. The largest absolute Gasteiger partial charge is 0.325 e. The van der Waals surface area contributed by atoms with Gasteiger partial charge in [-0.25, -0.2) is 0 Å². The van der Waals surface area contributed by atoms with Gasteiger partial charge in [0, 0.05) is 29.3 Å². The summed E-state index contributed by atoms with van der Waals surface area (Å²) in [6.45, 7) is 2.22. The summed E-state index contributed by atoms with van der Waals surface area (Å²) in [5.74, 6) is -0.436. The van der Waals surface area contributed by atoms with E-state index < -0.39 is 10.8 Å². The highest BCUT2D eigenvalue weighted by Gasteiger charge is 2.18. The molecule has 6 nitrogen and oxygen atoms in total. The van der Waals surface area contributed by atoms with Gasteiger partial charge >= 0.3 is 0 Å². The summed E-state index contributed by atoms with van der Waals surface area (Å²) >= 11 is 5.76. The van der Waals surface area contributed by atoms with Crippen molar-refractivity contribution in [3.63, 3.8) is 0 Å². The molecule has 0 fully saturated rings. The van der Waals surface area contributed by atoms with Gasteiger partial charge in [0.1, 0.15) is 6.54 Å². The van der Waals surface area contributed by atoms with Gasteiger partial charge in [-0.1, -0.05) is 18.5 Å². The van der Waals surface area contributed by atoms with E-state index in [0.29, 0.717) is 13.0 Å². The van der Waals surface area contributed by atoms with Crippen LogP contribution in [-0.2, 0) is 0 Å². The van der Waals surface area contributed by atoms with E-state index in [1.54, 1.807) is 0 Å². The summed E-state index contributed by atoms with van der Waals surface area (Å²) in [6.07, 6.45) is 0.691. The van der Waals surface area contributed by atoms with Crippen LogP contribution in [0.5, 0.6) is 0 Å². The van der Waals surface area contributed by atoms with Crippen molar-refractivity contribution in [2.45, 2.75) is 13.3 Å². The molecule has 0 saturated heterocycles. The van der Waals surface area contributed by atoms with Crippen LogP contribution in [-0.4, -0.2) is 28.8 Å². The zero-order valence-corrected chi connectivity index (χ0v) is 11.1. The highest BCUT2D eigenvalue weighted by Crippen LogP contribution is 2.22. The average molecular weight is 282 g/mol. The lowest BCUT2D eigenvalue weighted by Gasteiger charge is -2.18. The normalized spacial score (nSPS) is 9.74. The molecule has 0 N–H and O–H groups in total. The van der Waals surface area contributed by atoms with Crippen LogP contribution in [0.2, 0.25) is 5.02 Å². The molecule has 19 heavy (non-hydrogen) atoms. The number of hydrogen-bond acceptors (Lipinski definition) is 4. The predicted octanol–water partition coefficient (Wildman–Crippen LogP) is 2.62. The van der Waals surface area contributed by atoms with Crippen LogP contribution in [0.15, 0.2) is 18.2 Å². The topological polar surface area (TPSA) is 87.2 Å². The molecule has 0 aliphatic rings. The second-order valence-corrected chi connectivity index (χ2v) is 4.28. The second kappa shape index (κ2) is 6.71. The highest BCUT2D eigenvalue weighted by atomic mass is 35.5. The van der Waals surface area contributed by atoms with E-state index in [4.69, 9.17) is 16.9 Å². The minimum Gasteiger partial charge on any atom is -0.325 e. The lowest BCUT2D eigenvalue weighted by atomic mass is 10.1. The number of non-ortho nitro benzene ring substituents is 1. The van der Waals surface area contributed by atoms with Crippen molar-refractivity contribution in [2.75, 3.05) is 13.1 Å². The van der Waals surface area contributed by atoms with Crippen molar-refractivity contribution in [3.05, 3.63) is 38.9 Å². The quantitative estimate of drug-likeness (QED) is 0.471. The molecule has 0 aliphatic heterocycles. The number of nitrogens with zero attached hydrogens (tertiary/aromatic N) is 3. The number of hydrogen-bond donors (Lipinski definition) is 0. The molecule has 0 saturated carbocycles. The fourth-order valence-electron chi connectivity index (χ4n) is 1.59. The summed E-state index contributed by atoms with van der Waals surface area (Å²) in [6, 6.07) is 5.59. The molecular weight excluding hydrogens is 270 g/mol. The third-order valence-electron chi connectivity index (χ3n) is 2.38. The molecule has 7 heteroatoms. The molecule has 0 bridgehead atoms. The zero-order valence-electron chi connectivity index (χ0n) is 10.3. The molecule has 1 amide bonds. The molecule has 0 unspecified atom stereocenters. The third-order valence-corrected chi connectivity index (χ3v) is 2.60. The number of rotatable bonds is 5. The zero-order chi connectivity index (χ0) is 14.4. The van der Waals surface area contributed by atoms with E-state index in [1.807, 2.05) is 13.0 Å².